The predicted molar refractivity (Wildman–Crippen MR) is 75.8 cm³/mol. The van der Waals surface area contributed by atoms with E-state index in [4.69, 9.17) is 9.47 Å². The topological polar surface area (TPSA) is 72.8 Å². The number of carbonyl (C=O) groups excluding carboxylic acids is 1. The lowest BCUT2D eigenvalue weighted by Crippen LogP contribution is -2.38. The molecule has 0 saturated heterocycles. The molecule has 110 valence electrons. The summed E-state index contributed by atoms with van der Waals surface area (Å²) in [6.45, 7) is 2.11. The number of aryl methyl sites for hydroxylation is 1. The molecule has 1 aliphatic heterocycles. The van der Waals surface area contributed by atoms with Crippen molar-refractivity contribution in [3.8, 4) is 5.88 Å². The zero-order chi connectivity index (χ0) is 14.8. The fourth-order valence-corrected chi connectivity index (χ4v) is 2.60. The van der Waals surface area contributed by atoms with Gasteiger partial charge in [-0.15, -0.1) is 0 Å². The zero-order valence-corrected chi connectivity index (χ0v) is 12.1. The van der Waals surface area contributed by atoms with Crippen molar-refractivity contribution in [2.45, 2.75) is 26.2 Å². The Kier molecular flexibility index (Phi) is 3.60. The third kappa shape index (κ3) is 2.49. The van der Waals surface area contributed by atoms with Crippen LogP contribution in [0, 0.1) is 0 Å². The van der Waals surface area contributed by atoms with Crippen molar-refractivity contribution in [3.05, 3.63) is 34.2 Å². The Morgan fingerprint density at radius 1 is 1.43 bits per heavy atom. The van der Waals surface area contributed by atoms with Crippen LogP contribution in [-0.2, 0) is 16.0 Å². The van der Waals surface area contributed by atoms with Crippen molar-refractivity contribution in [2.24, 2.45) is 4.99 Å². The first kappa shape index (κ1) is 13.6. The summed E-state index contributed by atoms with van der Waals surface area (Å²) in [5, 5.41) is 4.92. The number of hydrogen-bond donors (Lipinski definition) is 1. The number of esters is 1. The zero-order valence-electron chi connectivity index (χ0n) is 12.1. The molecular formula is C15H17N3O3. The number of aromatic nitrogens is 1. The van der Waals surface area contributed by atoms with Crippen LogP contribution in [0.25, 0.3) is 5.70 Å². The van der Waals surface area contributed by atoms with Crippen LogP contribution in [0.5, 0.6) is 5.88 Å². The first-order valence-electron chi connectivity index (χ1n) is 7.02. The fourth-order valence-electron chi connectivity index (χ4n) is 2.60. The Morgan fingerprint density at radius 3 is 3.05 bits per heavy atom. The van der Waals surface area contributed by atoms with Gasteiger partial charge in [-0.1, -0.05) is 0 Å². The van der Waals surface area contributed by atoms with Crippen LogP contribution in [0.1, 0.15) is 25.5 Å². The number of ether oxygens (including phenoxy) is 2. The quantitative estimate of drug-likeness (QED) is 0.802. The largest absolute Gasteiger partial charge is 0.481 e. The molecule has 0 fully saturated rings. The molecule has 6 heteroatoms. The molecule has 0 amide bonds. The second kappa shape index (κ2) is 5.55. The molecule has 1 aliphatic carbocycles. The lowest BCUT2D eigenvalue weighted by atomic mass is 10.0. The highest BCUT2D eigenvalue weighted by Crippen LogP contribution is 2.15. The predicted octanol–water partition coefficient (Wildman–Crippen LogP) is 0.162. The lowest BCUT2D eigenvalue weighted by molar-refractivity contribution is -0.138. The van der Waals surface area contributed by atoms with Crippen LogP contribution >= 0.6 is 0 Å². The molecule has 1 N–H and O–H groups in total. The fraction of sp³-hybridized carbons (Fsp3) is 0.400. The Labute approximate surface area is 122 Å². The summed E-state index contributed by atoms with van der Waals surface area (Å²) in [7, 11) is 1.59. The maximum Gasteiger partial charge on any atom is 0.356 e. The third-order valence-electron chi connectivity index (χ3n) is 3.51. The van der Waals surface area contributed by atoms with Crippen LogP contribution in [-0.4, -0.2) is 24.7 Å². The van der Waals surface area contributed by atoms with E-state index in [-0.39, 0.29) is 0 Å². The molecule has 1 aromatic heterocycles. The average Bonchev–Trinajstić information content (AvgIpc) is 2.69. The van der Waals surface area contributed by atoms with Gasteiger partial charge < -0.3 is 14.8 Å². The summed E-state index contributed by atoms with van der Waals surface area (Å²) in [4.78, 5) is 20.8. The van der Waals surface area contributed by atoms with E-state index in [1.807, 2.05) is 0 Å². The highest BCUT2D eigenvalue weighted by atomic mass is 16.5. The standard InChI is InChI=1S/C15H17N3O3/c1-3-21-15(19)12-8-16-11-7-13(20-2)18-10-6-4-5-9(17-12)14(10)11/h7-8,17H,3-6H2,1-2H3. The number of hydrogen-bond acceptors (Lipinski definition) is 6. The van der Waals surface area contributed by atoms with E-state index in [1.165, 1.54) is 6.20 Å². The Morgan fingerprint density at radius 2 is 2.29 bits per heavy atom. The van der Waals surface area contributed by atoms with Gasteiger partial charge >= 0.3 is 5.97 Å². The van der Waals surface area contributed by atoms with E-state index in [1.54, 1.807) is 20.1 Å². The van der Waals surface area contributed by atoms with Crippen LogP contribution in [0.15, 0.2) is 23.0 Å². The van der Waals surface area contributed by atoms with Gasteiger partial charge in [0, 0.05) is 17.0 Å². The van der Waals surface area contributed by atoms with Gasteiger partial charge in [-0.2, -0.15) is 0 Å². The van der Waals surface area contributed by atoms with Crippen LogP contribution in [0.4, 0.5) is 0 Å². The third-order valence-corrected chi connectivity index (χ3v) is 3.51. The monoisotopic (exact) mass is 287 g/mol. The van der Waals surface area contributed by atoms with Gasteiger partial charge in [0.2, 0.25) is 5.88 Å². The number of carbonyl (C=O) groups is 1. The van der Waals surface area contributed by atoms with Crippen molar-refractivity contribution in [1.82, 2.24) is 10.3 Å². The van der Waals surface area contributed by atoms with Crippen molar-refractivity contribution >= 4 is 11.7 Å². The smallest absolute Gasteiger partial charge is 0.356 e. The second-order valence-electron chi connectivity index (χ2n) is 4.85. The van der Waals surface area contributed by atoms with E-state index in [9.17, 15) is 4.79 Å². The summed E-state index contributed by atoms with van der Waals surface area (Å²) >= 11 is 0. The van der Waals surface area contributed by atoms with Gasteiger partial charge in [-0.25, -0.2) is 9.78 Å². The van der Waals surface area contributed by atoms with E-state index < -0.39 is 5.97 Å². The molecule has 0 unspecified atom stereocenters. The van der Waals surface area contributed by atoms with Crippen LogP contribution in [0.3, 0.4) is 0 Å². The average molecular weight is 287 g/mol. The maximum absolute atomic E-state index is 11.9. The molecule has 0 atom stereocenters. The van der Waals surface area contributed by atoms with Crippen molar-refractivity contribution in [3.63, 3.8) is 0 Å². The van der Waals surface area contributed by atoms with E-state index >= 15 is 0 Å². The second-order valence-corrected chi connectivity index (χ2v) is 4.85. The molecule has 0 aromatic carbocycles. The summed E-state index contributed by atoms with van der Waals surface area (Å²) in [6, 6.07) is 1.79. The maximum atomic E-state index is 11.9. The molecule has 2 heterocycles. The van der Waals surface area contributed by atoms with E-state index in [0.717, 1.165) is 41.2 Å². The number of rotatable bonds is 3. The summed E-state index contributed by atoms with van der Waals surface area (Å²) in [5.41, 5.74) is 2.29. The summed E-state index contributed by atoms with van der Waals surface area (Å²) in [6.07, 6.45) is 4.23. The molecular weight excluding hydrogens is 270 g/mol. The molecule has 1 aromatic rings. The minimum Gasteiger partial charge on any atom is -0.481 e. The Balaban J connectivity index is 2.16. The van der Waals surface area contributed by atoms with Gasteiger partial charge in [0.15, 0.2) is 0 Å². The normalized spacial score (nSPS) is 15.9. The van der Waals surface area contributed by atoms with E-state index in [0.29, 0.717) is 18.2 Å². The van der Waals surface area contributed by atoms with E-state index in [2.05, 4.69) is 15.3 Å². The number of pyridine rings is 1. The van der Waals surface area contributed by atoms with Crippen LogP contribution in [0.2, 0.25) is 0 Å². The number of nitrogens with zero attached hydrogens (tertiary/aromatic N) is 2. The van der Waals surface area contributed by atoms with Gasteiger partial charge in [0.05, 0.1) is 31.0 Å². The van der Waals surface area contributed by atoms with Gasteiger partial charge in [-0.05, 0) is 26.2 Å². The van der Waals surface area contributed by atoms with Crippen molar-refractivity contribution in [2.75, 3.05) is 13.7 Å². The summed E-state index contributed by atoms with van der Waals surface area (Å²) < 4.78 is 10.3. The molecule has 0 bridgehead atoms. The minimum atomic E-state index is -0.395. The van der Waals surface area contributed by atoms with Gasteiger partial charge in [-0.3, -0.25) is 4.99 Å². The highest BCUT2D eigenvalue weighted by Gasteiger charge is 2.20. The molecule has 0 spiro atoms. The van der Waals surface area contributed by atoms with Crippen molar-refractivity contribution < 1.29 is 14.3 Å². The van der Waals surface area contributed by atoms with Gasteiger partial charge in [0.1, 0.15) is 5.70 Å². The van der Waals surface area contributed by atoms with Crippen LogP contribution < -0.4 is 20.6 Å². The Bertz CT molecular complexity index is 737. The molecule has 2 aliphatic rings. The SMILES string of the molecule is CCOC(=O)C1=CN=c2cc(OC)nc3c2=C(CCC3)N1. The first-order valence-corrected chi connectivity index (χ1v) is 7.02. The van der Waals surface area contributed by atoms with Crippen molar-refractivity contribution in [1.29, 1.82) is 0 Å². The number of nitrogens with one attached hydrogen (secondary N) is 1. The highest BCUT2D eigenvalue weighted by molar-refractivity contribution is 5.89. The molecule has 3 rings (SSSR count). The number of methoxy groups -OCH3 is 1. The van der Waals surface area contributed by atoms with Gasteiger partial charge in [0.25, 0.3) is 0 Å². The molecule has 6 nitrogen and oxygen atoms in total. The minimum absolute atomic E-state index is 0.334. The molecule has 21 heavy (non-hydrogen) atoms. The Hall–Kier alpha value is -2.37. The lowest BCUT2D eigenvalue weighted by Gasteiger charge is -2.17. The molecule has 0 saturated carbocycles. The summed E-state index contributed by atoms with van der Waals surface area (Å²) in [5.74, 6) is 0.148. The first-order chi connectivity index (χ1) is 10.2. The molecule has 0 radical (unpaired) electrons.